The smallest absolute Gasteiger partial charge is 0.349 e. The van der Waals surface area contributed by atoms with E-state index in [9.17, 15) is 40.1 Å². The number of H-pyrrole nitrogens is 1. The highest BCUT2D eigenvalue weighted by atomic mass is 31.2. The average Bonchev–Trinajstić information content (AvgIpc) is 3.54. The summed E-state index contributed by atoms with van der Waals surface area (Å²) in [5, 5.41) is 4.28. The molecule has 0 aliphatic carbocycles. The molecule has 0 saturated carbocycles. The molecule has 4 aromatic carbocycles. The second kappa shape index (κ2) is 16.6. The van der Waals surface area contributed by atoms with Gasteiger partial charge in [0.2, 0.25) is 0 Å². The van der Waals surface area contributed by atoms with Crippen LogP contribution < -0.4 is 5.69 Å². The van der Waals surface area contributed by atoms with Crippen LogP contribution in [0.15, 0.2) is 108 Å². The molecule has 0 bridgehead atoms. The van der Waals surface area contributed by atoms with E-state index in [1.54, 1.807) is 65.6 Å². The fourth-order valence-corrected chi connectivity index (χ4v) is 7.30. The number of nitrogens with one attached hydrogen (secondary N) is 1. The highest BCUT2D eigenvalue weighted by molar-refractivity contribution is 7.51. The van der Waals surface area contributed by atoms with E-state index in [1.807, 2.05) is 0 Å². The van der Waals surface area contributed by atoms with E-state index >= 15 is 0 Å². The molecule has 55 heavy (non-hydrogen) atoms. The molecule has 0 amide bonds. The van der Waals surface area contributed by atoms with Crippen molar-refractivity contribution < 1.29 is 53.8 Å². The Morgan fingerprint density at radius 1 is 0.855 bits per heavy atom. The number of benzene rings is 4. The van der Waals surface area contributed by atoms with Gasteiger partial charge in [-0.15, -0.1) is 9.55 Å². The second-order valence-electron chi connectivity index (χ2n) is 12.6. The van der Waals surface area contributed by atoms with Crippen LogP contribution in [0.5, 0.6) is 0 Å². The number of aromatic amines is 1. The molecule has 0 spiro atoms. The van der Waals surface area contributed by atoms with Crippen molar-refractivity contribution in [2.75, 3.05) is 13.2 Å². The van der Waals surface area contributed by atoms with Gasteiger partial charge in [0.25, 0.3) is 0 Å². The van der Waals surface area contributed by atoms with Gasteiger partial charge in [0, 0.05) is 6.54 Å². The Morgan fingerprint density at radius 2 is 1.40 bits per heavy atom. The lowest BCUT2D eigenvalue weighted by Crippen LogP contribution is -2.46. The maximum Gasteiger partial charge on any atom is 0.460 e. The predicted molar refractivity (Wildman–Crippen MR) is 184 cm³/mol. The molecule has 1 N–H and O–H groups in total. The van der Waals surface area contributed by atoms with Crippen molar-refractivity contribution in [1.29, 1.82) is 0 Å². The zero-order valence-electron chi connectivity index (χ0n) is 29.0. The van der Waals surface area contributed by atoms with Crippen molar-refractivity contribution in [2.24, 2.45) is 0 Å². The number of ether oxygens (including phenoxy) is 2. The summed E-state index contributed by atoms with van der Waals surface area (Å²) < 4.78 is 134. The molecule has 5 aromatic rings. The lowest BCUT2D eigenvalue weighted by atomic mass is 10.0. The van der Waals surface area contributed by atoms with Crippen LogP contribution in [0.4, 0.5) is 30.7 Å². The van der Waals surface area contributed by atoms with Gasteiger partial charge in [-0.2, -0.15) is 26.3 Å². The third kappa shape index (κ3) is 9.97. The van der Waals surface area contributed by atoms with Crippen LogP contribution in [-0.4, -0.2) is 38.9 Å². The van der Waals surface area contributed by atoms with Crippen LogP contribution >= 0.6 is 7.75 Å². The SMILES string of the molecule is C[C@@H](O[C@@H]1OCCN(Cc2nn(P(=O)(OCc3ccccc3)OCc3ccccc3)c(=O)[nH]2)[C@@H]1c1ccc(F)cc1)c1cc(C(F)(F)F)cc(C(F)(F)F)c1. The standard InChI is InChI=1S/C37H34F7N4O6P/c1-24(28-18-29(36(39,40)41)20-30(19-28)37(42,43)44)54-34-33(27-12-14-31(38)15-13-27)47(16-17-51-34)21-32-45-35(49)48(46-32)55(50,52-22-25-8-4-2-5-9-25)53-23-26-10-6-3-7-11-26/h2-15,18-20,24,33-34H,16-17,21-23H2,1H3,(H,45,46,49)/t24-,33-,34+/m1/s1. The number of halogens is 7. The molecule has 18 heteroatoms. The van der Waals surface area contributed by atoms with E-state index in [-0.39, 0.29) is 44.8 Å². The Bertz CT molecular complexity index is 2070. The molecule has 1 fully saturated rings. The molecule has 0 radical (unpaired) electrons. The van der Waals surface area contributed by atoms with Crippen molar-refractivity contribution in [1.82, 2.24) is 19.4 Å². The van der Waals surface area contributed by atoms with Gasteiger partial charge in [-0.05, 0) is 59.5 Å². The summed E-state index contributed by atoms with van der Waals surface area (Å²) in [4.78, 5) is 17.6. The van der Waals surface area contributed by atoms with E-state index in [1.165, 1.54) is 19.1 Å². The van der Waals surface area contributed by atoms with Crippen molar-refractivity contribution in [3.05, 3.63) is 159 Å². The largest absolute Gasteiger partial charge is 0.460 e. The van der Waals surface area contributed by atoms with E-state index in [4.69, 9.17) is 18.5 Å². The number of nitrogens with zero attached hydrogens (tertiary/aromatic N) is 3. The fraction of sp³-hybridized carbons (Fsp3) is 0.297. The first-order valence-corrected chi connectivity index (χ1v) is 18.3. The Kier molecular flexibility index (Phi) is 12.1. The summed E-state index contributed by atoms with van der Waals surface area (Å²) in [6, 6.07) is 22.9. The minimum Gasteiger partial charge on any atom is -0.349 e. The van der Waals surface area contributed by atoms with Crippen molar-refractivity contribution in [2.45, 2.75) is 57.5 Å². The van der Waals surface area contributed by atoms with E-state index in [2.05, 4.69) is 10.1 Å². The summed E-state index contributed by atoms with van der Waals surface area (Å²) in [6.45, 7) is 0.855. The number of rotatable bonds is 13. The van der Waals surface area contributed by atoms with Gasteiger partial charge in [-0.25, -0.2) is 13.8 Å². The van der Waals surface area contributed by atoms with Crippen LogP contribution in [0.1, 0.15) is 58.3 Å². The second-order valence-corrected chi connectivity index (χ2v) is 14.4. The van der Waals surface area contributed by atoms with Crippen LogP contribution in [0.25, 0.3) is 0 Å². The Balaban J connectivity index is 1.29. The normalized spacial score (nSPS) is 17.7. The third-order valence-electron chi connectivity index (χ3n) is 8.65. The summed E-state index contributed by atoms with van der Waals surface area (Å²) >= 11 is 0. The van der Waals surface area contributed by atoms with E-state index in [0.29, 0.717) is 33.3 Å². The van der Waals surface area contributed by atoms with Gasteiger partial charge in [0.15, 0.2) is 6.29 Å². The minimum absolute atomic E-state index is 0.00893. The molecule has 6 rings (SSSR count). The topological polar surface area (TPSA) is 108 Å². The first-order valence-electron chi connectivity index (χ1n) is 16.8. The molecule has 0 unspecified atom stereocenters. The van der Waals surface area contributed by atoms with E-state index < -0.39 is 66.7 Å². The molecule has 1 aliphatic rings. The summed E-state index contributed by atoms with van der Waals surface area (Å²) in [7, 11) is -4.46. The summed E-state index contributed by atoms with van der Waals surface area (Å²) in [5.74, 6) is -0.586. The first-order chi connectivity index (χ1) is 26.1. The highest BCUT2D eigenvalue weighted by Gasteiger charge is 2.40. The third-order valence-corrected chi connectivity index (χ3v) is 10.3. The van der Waals surface area contributed by atoms with Crippen LogP contribution in [0, 0.1) is 5.82 Å². The van der Waals surface area contributed by atoms with Gasteiger partial charge in [0.05, 0.1) is 49.6 Å². The highest BCUT2D eigenvalue weighted by Crippen LogP contribution is 2.49. The minimum atomic E-state index is -5.08. The monoisotopic (exact) mass is 794 g/mol. The van der Waals surface area contributed by atoms with E-state index in [0.717, 1.165) is 12.1 Å². The Morgan fingerprint density at radius 3 is 1.93 bits per heavy atom. The molecule has 3 atom stereocenters. The predicted octanol–water partition coefficient (Wildman–Crippen LogP) is 8.82. The lowest BCUT2D eigenvalue weighted by molar-refractivity contribution is -0.231. The number of aromatic nitrogens is 3. The molecule has 1 aliphatic heterocycles. The zero-order valence-corrected chi connectivity index (χ0v) is 29.9. The number of hydrogen-bond acceptors (Lipinski definition) is 8. The van der Waals surface area contributed by atoms with Gasteiger partial charge in [-0.1, -0.05) is 72.8 Å². The Labute approximate surface area is 310 Å². The molecular formula is C37H34F7N4O6P. The molecule has 2 heterocycles. The molecule has 292 valence electrons. The van der Waals surface area contributed by atoms with Crippen LogP contribution in [-0.2, 0) is 55.2 Å². The van der Waals surface area contributed by atoms with Gasteiger partial charge >= 0.3 is 25.8 Å². The number of morpholine rings is 1. The average molecular weight is 795 g/mol. The van der Waals surface area contributed by atoms with Crippen molar-refractivity contribution in [3.63, 3.8) is 0 Å². The molecule has 1 aromatic heterocycles. The Hall–Kier alpha value is -4.64. The van der Waals surface area contributed by atoms with Crippen LogP contribution in [0.3, 0.4) is 0 Å². The van der Waals surface area contributed by atoms with Gasteiger partial charge in [-0.3, -0.25) is 18.9 Å². The maximum absolute atomic E-state index is 14.3. The first kappa shape index (κ1) is 40.0. The number of hydrogen-bond donors (Lipinski definition) is 1. The summed E-state index contributed by atoms with van der Waals surface area (Å²) in [6.07, 6.45) is -12.8. The van der Waals surface area contributed by atoms with Gasteiger partial charge in [0.1, 0.15) is 11.6 Å². The molecule has 10 nitrogen and oxygen atoms in total. The lowest BCUT2D eigenvalue weighted by Gasteiger charge is -2.41. The zero-order chi connectivity index (χ0) is 39.4. The van der Waals surface area contributed by atoms with Crippen LogP contribution in [0.2, 0.25) is 0 Å². The fourth-order valence-electron chi connectivity index (χ4n) is 5.90. The quantitative estimate of drug-likeness (QED) is 0.0932. The van der Waals surface area contributed by atoms with Crippen molar-refractivity contribution >= 4 is 7.75 Å². The maximum atomic E-state index is 14.3. The van der Waals surface area contributed by atoms with Gasteiger partial charge < -0.3 is 9.47 Å². The summed E-state index contributed by atoms with van der Waals surface area (Å²) in [5.41, 5.74) is -2.65. The van der Waals surface area contributed by atoms with Crippen molar-refractivity contribution in [3.8, 4) is 0 Å². The molecular weight excluding hydrogens is 760 g/mol. The molecule has 1 saturated heterocycles. The number of alkyl halides is 6.